The number of nitrogens with zero attached hydrogens (tertiary/aromatic N) is 2. The second-order valence-corrected chi connectivity index (χ2v) is 7.95. The molecule has 28 heavy (non-hydrogen) atoms. The number of carbonyl (C=O) groups excluding carboxylic acids is 2. The summed E-state index contributed by atoms with van der Waals surface area (Å²) >= 11 is 4.81. The number of imidazole rings is 1. The Balaban J connectivity index is 1.55. The zero-order valence-corrected chi connectivity index (χ0v) is 17.8. The molecule has 0 saturated carbocycles. The van der Waals surface area contributed by atoms with Crippen LogP contribution in [0.2, 0.25) is 0 Å². The fraction of sp³-hybridized carbons (Fsp3) is 0.150. The third kappa shape index (κ3) is 5.24. The van der Waals surface area contributed by atoms with Crippen molar-refractivity contribution < 1.29 is 9.59 Å². The van der Waals surface area contributed by atoms with E-state index in [1.807, 2.05) is 42.9 Å². The van der Waals surface area contributed by atoms with Crippen molar-refractivity contribution >= 4 is 50.9 Å². The van der Waals surface area contributed by atoms with E-state index in [0.717, 1.165) is 20.9 Å². The Bertz CT molecular complexity index is 1000. The highest BCUT2D eigenvalue weighted by atomic mass is 79.9. The zero-order valence-electron chi connectivity index (χ0n) is 15.4. The van der Waals surface area contributed by atoms with Crippen LogP contribution in [-0.2, 0) is 11.8 Å². The van der Waals surface area contributed by atoms with Crippen molar-refractivity contribution in [2.24, 2.45) is 7.05 Å². The van der Waals surface area contributed by atoms with Gasteiger partial charge in [0, 0.05) is 40.9 Å². The fourth-order valence-electron chi connectivity index (χ4n) is 2.45. The van der Waals surface area contributed by atoms with Gasteiger partial charge in [-0.3, -0.25) is 9.59 Å². The topological polar surface area (TPSA) is 76.0 Å². The molecule has 2 amide bonds. The normalized spacial score (nSPS) is 10.5. The highest BCUT2D eigenvalue weighted by Crippen LogP contribution is 2.21. The van der Waals surface area contributed by atoms with Crippen molar-refractivity contribution in [3.05, 3.63) is 70.5 Å². The summed E-state index contributed by atoms with van der Waals surface area (Å²) in [6.45, 7) is 1.96. The first kappa shape index (κ1) is 20.2. The predicted octanol–water partition coefficient (Wildman–Crippen LogP) is 4.47. The van der Waals surface area contributed by atoms with E-state index in [-0.39, 0.29) is 17.6 Å². The molecule has 3 rings (SSSR count). The van der Waals surface area contributed by atoms with Crippen molar-refractivity contribution in [2.45, 2.75) is 12.1 Å². The van der Waals surface area contributed by atoms with Crippen LogP contribution < -0.4 is 10.6 Å². The standard InChI is InChI=1S/C20H19BrN4O2S/c1-13-11-16(7-8-17(13)21)24-19(27)14-3-5-15(6-4-14)23-18(26)12-28-20-22-9-10-25(20)2/h3-11H,12H2,1-2H3,(H,23,26)(H,24,27). The van der Waals surface area contributed by atoms with E-state index in [1.54, 1.807) is 30.5 Å². The number of rotatable bonds is 6. The summed E-state index contributed by atoms with van der Waals surface area (Å²) in [6, 6.07) is 12.4. The number of carbonyl (C=O) groups is 2. The zero-order chi connectivity index (χ0) is 20.1. The number of hydrogen-bond acceptors (Lipinski definition) is 4. The number of thioether (sulfide) groups is 1. The molecule has 8 heteroatoms. The molecule has 3 aromatic rings. The molecule has 0 aliphatic carbocycles. The van der Waals surface area contributed by atoms with Gasteiger partial charge in [-0.15, -0.1) is 0 Å². The molecule has 1 aromatic heterocycles. The van der Waals surface area contributed by atoms with Gasteiger partial charge in [-0.2, -0.15) is 0 Å². The van der Waals surface area contributed by atoms with Gasteiger partial charge in [0.1, 0.15) is 0 Å². The Hall–Kier alpha value is -2.58. The molecule has 144 valence electrons. The van der Waals surface area contributed by atoms with Crippen molar-refractivity contribution in [2.75, 3.05) is 16.4 Å². The van der Waals surface area contributed by atoms with Crippen LogP contribution >= 0.6 is 27.7 Å². The SMILES string of the molecule is Cc1cc(NC(=O)c2ccc(NC(=O)CSc3nccn3C)cc2)ccc1Br. The van der Waals surface area contributed by atoms with E-state index in [9.17, 15) is 9.59 Å². The van der Waals surface area contributed by atoms with Gasteiger partial charge in [0.05, 0.1) is 5.75 Å². The van der Waals surface area contributed by atoms with Crippen LogP contribution in [0.5, 0.6) is 0 Å². The number of amides is 2. The summed E-state index contributed by atoms with van der Waals surface area (Å²) in [5.41, 5.74) is 2.93. The number of benzene rings is 2. The molecule has 2 N–H and O–H groups in total. The van der Waals surface area contributed by atoms with E-state index in [2.05, 4.69) is 31.5 Å². The third-order valence-electron chi connectivity index (χ3n) is 3.96. The smallest absolute Gasteiger partial charge is 0.255 e. The van der Waals surface area contributed by atoms with Gasteiger partial charge in [-0.05, 0) is 55.0 Å². The first-order valence-corrected chi connectivity index (χ1v) is 10.3. The maximum absolute atomic E-state index is 12.4. The number of hydrogen-bond donors (Lipinski definition) is 2. The largest absolute Gasteiger partial charge is 0.329 e. The van der Waals surface area contributed by atoms with E-state index in [4.69, 9.17) is 0 Å². The molecule has 1 heterocycles. The van der Waals surface area contributed by atoms with Crippen LogP contribution in [0.1, 0.15) is 15.9 Å². The van der Waals surface area contributed by atoms with Gasteiger partial charge in [-0.25, -0.2) is 4.98 Å². The number of anilines is 2. The summed E-state index contributed by atoms with van der Waals surface area (Å²) in [6.07, 6.45) is 3.53. The highest BCUT2D eigenvalue weighted by molar-refractivity contribution is 9.10. The number of nitrogens with one attached hydrogen (secondary N) is 2. The number of aryl methyl sites for hydroxylation is 2. The molecule has 0 spiro atoms. The molecule has 0 unspecified atom stereocenters. The summed E-state index contributed by atoms with van der Waals surface area (Å²) in [5, 5.41) is 6.47. The second-order valence-electron chi connectivity index (χ2n) is 6.15. The van der Waals surface area contributed by atoms with Crippen LogP contribution in [0.15, 0.2) is 64.5 Å². The Morgan fingerprint density at radius 2 is 1.82 bits per heavy atom. The first-order valence-electron chi connectivity index (χ1n) is 8.50. The molecule has 0 atom stereocenters. The maximum atomic E-state index is 12.4. The number of halogens is 1. The van der Waals surface area contributed by atoms with Crippen molar-refractivity contribution in [1.29, 1.82) is 0 Å². The third-order valence-corrected chi connectivity index (χ3v) is 5.90. The molecule has 0 bridgehead atoms. The van der Waals surface area contributed by atoms with Crippen LogP contribution in [0.3, 0.4) is 0 Å². The van der Waals surface area contributed by atoms with E-state index in [1.165, 1.54) is 11.8 Å². The van der Waals surface area contributed by atoms with Gasteiger partial charge in [-0.1, -0.05) is 27.7 Å². The quantitative estimate of drug-likeness (QED) is 0.534. The van der Waals surface area contributed by atoms with Gasteiger partial charge in [0.25, 0.3) is 5.91 Å². The van der Waals surface area contributed by atoms with Crippen molar-refractivity contribution in [3.63, 3.8) is 0 Å². The molecular weight excluding hydrogens is 440 g/mol. The van der Waals surface area contributed by atoms with E-state index >= 15 is 0 Å². The van der Waals surface area contributed by atoms with Gasteiger partial charge < -0.3 is 15.2 Å². The van der Waals surface area contributed by atoms with Crippen molar-refractivity contribution in [3.8, 4) is 0 Å². The summed E-state index contributed by atoms with van der Waals surface area (Å²) < 4.78 is 2.85. The van der Waals surface area contributed by atoms with E-state index in [0.29, 0.717) is 11.3 Å². The summed E-state index contributed by atoms with van der Waals surface area (Å²) in [4.78, 5) is 28.6. The summed E-state index contributed by atoms with van der Waals surface area (Å²) in [5.74, 6) is -0.0730. The molecule has 2 aromatic carbocycles. The monoisotopic (exact) mass is 458 g/mol. The number of aromatic nitrogens is 2. The molecule has 6 nitrogen and oxygen atoms in total. The minimum Gasteiger partial charge on any atom is -0.329 e. The maximum Gasteiger partial charge on any atom is 0.255 e. The minimum absolute atomic E-state index is 0.129. The predicted molar refractivity (Wildman–Crippen MR) is 116 cm³/mol. The Kier molecular flexibility index (Phi) is 6.53. The lowest BCUT2D eigenvalue weighted by atomic mass is 10.1. The average molecular weight is 459 g/mol. The van der Waals surface area contributed by atoms with Crippen molar-refractivity contribution in [1.82, 2.24) is 9.55 Å². The molecular formula is C20H19BrN4O2S. The first-order chi connectivity index (χ1) is 13.4. The van der Waals surface area contributed by atoms with Crippen LogP contribution in [0.4, 0.5) is 11.4 Å². The Morgan fingerprint density at radius 3 is 2.46 bits per heavy atom. The van der Waals surface area contributed by atoms with Gasteiger partial charge >= 0.3 is 0 Å². The fourth-order valence-corrected chi connectivity index (χ4v) is 3.43. The Labute approximate surface area is 175 Å². The molecule has 0 fully saturated rings. The van der Waals surface area contributed by atoms with Crippen LogP contribution in [0.25, 0.3) is 0 Å². The Morgan fingerprint density at radius 1 is 1.11 bits per heavy atom. The minimum atomic E-state index is -0.204. The molecule has 0 aliphatic rings. The average Bonchev–Trinajstić information content (AvgIpc) is 3.08. The van der Waals surface area contributed by atoms with Gasteiger partial charge in [0.2, 0.25) is 5.91 Å². The lowest BCUT2D eigenvalue weighted by Gasteiger charge is -2.09. The molecule has 0 radical (unpaired) electrons. The highest BCUT2D eigenvalue weighted by Gasteiger charge is 2.09. The van der Waals surface area contributed by atoms with Gasteiger partial charge in [0.15, 0.2) is 5.16 Å². The second kappa shape index (κ2) is 9.07. The molecule has 0 saturated heterocycles. The van der Waals surface area contributed by atoms with E-state index < -0.39 is 0 Å². The summed E-state index contributed by atoms with van der Waals surface area (Å²) in [7, 11) is 1.88. The van der Waals surface area contributed by atoms with Crippen LogP contribution in [-0.4, -0.2) is 27.1 Å². The van der Waals surface area contributed by atoms with Crippen LogP contribution in [0, 0.1) is 6.92 Å². The molecule has 0 aliphatic heterocycles. The lowest BCUT2D eigenvalue weighted by Crippen LogP contribution is -2.15. The lowest BCUT2D eigenvalue weighted by molar-refractivity contribution is -0.113.